The summed E-state index contributed by atoms with van der Waals surface area (Å²) in [5.41, 5.74) is 0.876. The largest absolute Gasteiger partial charge is 0.384 e. The van der Waals surface area contributed by atoms with Gasteiger partial charge in [-0.05, 0) is 19.4 Å². The van der Waals surface area contributed by atoms with E-state index in [0.29, 0.717) is 13.2 Å². The third-order valence-electron chi connectivity index (χ3n) is 2.97. The van der Waals surface area contributed by atoms with E-state index in [0.717, 1.165) is 16.9 Å². The summed E-state index contributed by atoms with van der Waals surface area (Å²) in [7, 11) is 0. The van der Waals surface area contributed by atoms with E-state index in [2.05, 4.69) is 17.2 Å². The summed E-state index contributed by atoms with van der Waals surface area (Å²) >= 11 is 1.55. The highest BCUT2D eigenvalue weighted by Gasteiger charge is 2.27. The van der Waals surface area contributed by atoms with Gasteiger partial charge >= 0.3 is 0 Å². The van der Waals surface area contributed by atoms with E-state index >= 15 is 0 Å². The van der Waals surface area contributed by atoms with Crippen molar-refractivity contribution in [1.29, 1.82) is 0 Å². The zero-order valence-corrected chi connectivity index (χ0v) is 11.6. The first-order valence-corrected chi connectivity index (χ1v) is 7.13. The molecule has 0 aromatic carbocycles. The molecule has 5 heteroatoms. The zero-order chi connectivity index (χ0) is 13.7. The molecule has 1 fully saturated rings. The lowest BCUT2D eigenvalue weighted by Crippen LogP contribution is -2.30. The summed E-state index contributed by atoms with van der Waals surface area (Å²) in [6.07, 6.45) is 0.974. The van der Waals surface area contributed by atoms with Crippen molar-refractivity contribution in [1.82, 2.24) is 5.32 Å². The van der Waals surface area contributed by atoms with Crippen LogP contribution in [0.25, 0.3) is 0 Å². The number of nitrogens with one attached hydrogen (secondary N) is 1. The molecule has 19 heavy (non-hydrogen) atoms. The van der Waals surface area contributed by atoms with Crippen molar-refractivity contribution in [2.24, 2.45) is 5.92 Å². The molecule has 1 aliphatic heterocycles. The van der Waals surface area contributed by atoms with Crippen molar-refractivity contribution < 1.29 is 14.6 Å². The lowest BCUT2D eigenvalue weighted by Gasteiger charge is -2.08. The molecule has 1 saturated heterocycles. The van der Waals surface area contributed by atoms with Crippen molar-refractivity contribution in [3.8, 4) is 11.8 Å². The summed E-state index contributed by atoms with van der Waals surface area (Å²) in [4.78, 5) is 13.0. The molecule has 1 aliphatic rings. The molecule has 2 heterocycles. The molecule has 0 saturated carbocycles. The van der Waals surface area contributed by atoms with E-state index in [9.17, 15) is 4.79 Å². The number of amides is 1. The van der Waals surface area contributed by atoms with Crippen LogP contribution in [-0.2, 0) is 16.1 Å². The first kappa shape index (κ1) is 14.1. The van der Waals surface area contributed by atoms with Gasteiger partial charge in [0.05, 0.1) is 25.2 Å². The Kier molecular flexibility index (Phi) is 4.97. The fourth-order valence-corrected chi connectivity index (χ4v) is 2.75. The van der Waals surface area contributed by atoms with Crippen LogP contribution in [0.15, 0.2) is 11.4 Å². The third-order valence-corrected chi connectivity index (χ3v) is 3.91. The Morgan fingerprint density at radius 1 is 1.68 bits per heavy atom. The summed E-state index contributed by atoms with van der Waals surface area (Å²) in [6, 6.07) is 1.93. The van der Waals surface area contributed by atoms with Crippen LogP contribution < -0.4 is 5.32 Å². The number of thiophene rings is 1. The van der Waals surface area contributed by atoms with Crippen molar-refractivity contribution in [3.63, 3.8) is 0 Å². The smallest absolute Gasteiger partial charge is 0.225 e. The van der Waals surface area contributed by atoms with Crippen LogP contribution >= 0.6 is 11.3 Å². The summed E-state index contributed by atoms with van der Waals surface area (Å²) in [5, 5.41) is 13.5. The molecule has 2 unspecified atom stereocenters. The Hall–Kier alpha value is -1.35. The third kappa shape index (κ3) is 4.06. The Labute approximate surface area is 116 Å². The monoisotopic (exact) mass is 279 g/mol. The maximum absolute atomic E-state index is 11.9. The molecule has 1 amide bonds. The second-order valence-corrected chi connectivity index (χ2v) is 5.55. The molecule has 1 aromatic heterocycles. The van der Waals surface area contributed by atoms with Gasteiger partial charge in [0.15, 0.2) is 0 Å². The molecular formula is C14H17NO3S. The second-order valence-electron chi connectivity index (χ2n) is 4.56. The quantitative estimate of drug-likeness (QED) is 0.816. The van der Waals surface area contributed by atoms with Crippen LogP contribution in [0.2, 0.25) is 0 Å². The fraction of sp³-hybridized carbons (Fsp3) is 0.500. The first-order valence-electron chi connectivity index (χ1n) is 6.25. The van der Waals surface area contributed by atoms with Gasteiger partial charge in [0.25, 0.3) is 0 Å². The lowest BCUT2D eigenvalue weighted by atomic mass is 10.1. The van der Waals surface area contributed by atoms with Gasteiger partial charge in [-0.25, -0.2) is 0 Å². The van der Waals surface area contributed by atoms with Crippen molar-refractivity contribution in [2.45, 2.75) is 26.0 Å². The topological polar surface area (TPSA) is 58.6 Å². The number of rotatable bonds is 3. The summed E-state index contributed by atoms with van der Waals surface area (Å²) < 4.78 is 5.39. The van der Waals surface area contributed by atoms with Gasteiger partial charge in [-0.1, -0.05) is 11.8 Å². The molecule has 2 N–H and O–H groups in total. The van der Waals surface area contributed by atoms with Crippen LogP contribution in [0.1, 0.15) is 23.8 Å². The van der Waals surface area contributed by atoms with Gasteiger partial charge < -0.3 is 15.2 Å². The Morgan fingerprint density at radius 3 is 3.21 bits per heavy atom. The van der Waals surface area contributed by atoms with E-state index in [1.165, 1.54) is 0 Å². The predicted octanol–water partition coefficient (Wildman–Crippen LogP) is 1.13. The molecule has 102 valence electrons. The number of hydrogen-bond donors (Lipinski definition) is 2. The highest BCUT2D eigenvalue weighted by molar-refractivity contribution is 7.10. The number of aliphatic hydroxyl groups is 1. The lowest BCUT2D eigenvalue weighted by molar-refractivity contribution is -0.125. The molecule has 2 rings (SSSR count). The Bertz CT molecular complexity index is 500. The summed E-state index contributed by atoms with van der Waals surface area (Å²) in [5.74, 6) is 5.47. The van der Waals surface area contributed by atoms with Gasteiger partial charge in [-0.2, -0.15) is 0 Å². The van der Waals surface area contributed by atoms with Gasteiger partial charge in [0.1, 0.15) is 6.61 Å². The van der Waals surface area contributed by atoms with Gasteiger partial charge in [0, 0.05) is 15.8 Å². The van der Waals surface area contributed by atoms with Gasteiger partial charge in [0.2, 0.25) is 5.91 Å². The molecular weight excluding hydrogens is 262 g/mol. The minimum atomic E-state index is -0.137. The van der Waals surface area contributed by atoms with Crippen LogP contribution in [0.4, 0.5) is 0 Å². The number of ether oxygens (including phenoxy) is 1. The normalized spacial score (nSPS) is 21.8. The molecule has 2 atom stereocenters. The zero-order valence-electron chi connectivity index (χ0n) is 10.8. The molecule has 0 spiro atoms. The van der Waals surface area contributed by atoms with E-state index in [1.807, 2.05) is 18.4 Å². The number of carbonyl (C=O) groups is 1. The summed E-state index contributed by atoms with van der Waals surface area (Å²) in [6.45, 7) is 2.89. The van der Waals surface area contributed by atoms with E-state index < -0.39 is 0 Å². The highest BCUT2D eigenvalue weighted by Crippen LogP contribution is 2.19. The fourth-order valence-electron chi connectivity index (χ4n) is 2.00. The van der Waals surface area contributed by atoms with Crippen LogP contribution in [0, 0.1) is 17.8 Å². The molecule has 1 aromatic rings. The van der Waals surface area contributed by atoms with Crippen molar-refractivity contribution >= 4 is 17.2 Å². The van der Waals surface area contributed by atoms with Crippen LogP contribution in [0.3, 0.4) is 0 Å². The average Bonchev–Trinajstić information content (AvgIpc) is 3.02. The van der Waals surface area contributed by atoms with Crippen molar-refractivity contribution in [3.05, 3.63) is 21.9 Å². The molecule has 4 nitrogen and oxygen atoms in total. The highest BCUT2D eigenvalue weighted by atomic mass is 32.1. The SMILES string of the molecule is CC1CC(C(=O)NCc2cc(C#CCO)cs2)CO1. The minimum Gasteiger partial charge on any atom is -0.384 e. The maximum atomic E-state index is 11.9. The first-order chi connectivity index (χ1) is 9.19. The minimum absolute atomic E-state index is 0.0244. The maximum Gasteiger partial charge on any atom is 0.225 e. The standard InChI is InChI=1S/C14H17NO3S/c1-10-5-12(8-18-10)14(17)15-7-13-6-11(9-19-13)3-2-4-16/h6,9-10,12,16H,4-5,7-8H2,1H3,(H,15,17). The molecule has 0 bridgehead atoms. The molecule has 0 aliphatic carbocycles. The number of aliphatic hydroxyl groups excluding tert-OH is 1. The van der Waals surface area contributed by atoms with Crippen LogP contribution in [-0.4, -0.2) is 30.3 Å². The van der Waals surface area contributed by atoms with Gasteiger partial charge in [-0.3, -0.25) is 4.79 Å². The predicted molar refractivity (Wildman–Crippen MR) is 73.7 cm³/mol. The van der Waals surface area contributed by atoms with Crippen LogP contribution in [0.5, 0.6) is 0 Å². The van der Waals surface area contributed by atoms with Crippen molar-refractivity contribution in [2.75, 3.05) is 13.2 Å². The average molecular weight is 279 g/mol. The van der Waals surface area contributed by atoms with Gasteiger partial charge in [-0.15, -0.1) is 11.3 Å². The van der Waals surface area contributed by atoms with E-state index in [4.69, 9.17) is 9.84 Å². The van der Waals surface area contributed by atoms with E-state index in [1.54, 1.807) is 11.3 Å². The number of hydrogen-bond acceptors (Lipinski definition) is 4. The van der Waals surface area contributed by atoms with E-state index in [-0.39, 0.29) is 24.5 Å². The number of carbonyl (C=O) groups excluding carboxylic acids is 1. The Morgan fingerprint density at radius 2 is 2.53 bits per heavy atom. The Balaban J connectivity index is 1.82. The molecule has 0 radical (unpaired) electrons. The second kappa shape index (κ2) is 6.71.